The zero-order chi connectivity index (χ0) is 19.0. The number of hydrogen-bond donors (Lipinski definition) is 3. The molecule has 0 aliphatic heterocycles. The Kier molecular flexibility index (Phi) is 4.01. The Morgan fingerprint density at radius 1 is 1.15 bits per heavy atom. The number of phenols is 1. The van der Waals surface area contributed by atoms with Crippen molar-refractivity contribution in [3.63, 3.8) is 0 Å². The molecule has 0 spiro atoms. The number of nitrogens with zero attached hydrogens (tertiary/aromatic N) is 2. The van der Waals surface area contributed by atoms with Gasteiger partial charge in [-0.15, -0.1) is 0 Å². The molecule has 134 valence electrons. The lowest BCUT2D eigenvalue weighted by molar-refractivity contribution is 0.474. The molecule has 0 atom stereocenters. The molecule has 0 saturated carbocycles. The molecule has 0 unspecified atom stereocenters. The summed E-state index contributed by atoms with van der Waals surface area (Å²) >= 11 is 0. The number of H-pyrrole nitrogens is 2. The van der Waals surface area contributed by atoms with Gasteiger partial charge in [-0.2, -0.15) is 5.10 Å². The van der Waals surface area contributed by atoms with Gasteiger partial charge in [0, 0.05) is 17.3 Å². The van der Waals surface area contributed by atoms with Crippen molar-refractivity contribution in [3.8, 4) is 11.4 Å². The van der Waals surface area contributed by atoms with Crippen molar-refractivity contribution < 1.29 is 5.11 Å². The minimum absolute atomic E-state index is 0.135. The van der Waals surface area contributed by atoms with E-state index < -0.39 is 0 Å². The Morgan fingerprint density at radius 3 is 2.59 bits per heavy atom. The number of rotatable bonds is 3. The van der Waals surface area contributed by atoms with Crippen LogP contribution in [0.1, 0.15) is 16.7 Å². The van der Waals surface area contributed by atoms with Crippen molar-refractivity contribution in [1.29, 1.82) is 0 Å². The second-order valence-electron chi connectivity index (χ2n) is 6.36. The van der Waals surface area contributed by atoms with E-state index in [1.54, 1.807) is 24.5 Å². The van der Waals surface area contributed by atoms with Gasteiger partial charge in [0.2, 0.25) is 0 Å². The lowest BCUT2D eigenvalue weighted by Crippen LogP contribution is -2.36. The zero-order valence-electron chi connectivity index (χ0n) is 14.7. The van der Waals surface area contributed by atoms with E-state index in [0.29, 0.717) is 16.1 Å². The Bertz CT molecular complexity index is 1250. The van der Waals surface area contributed by atoms with Crippen LogP contribution in [0.5, 0.6) is 5.75 Å². The van der Waals surface area contributed by atoms with Gasteiger partial charge >= 0.3 is 0 Å². The molecule has 2 heterocycles. The maximum absolute atomic E-state index is 13.2. The van der Waals surface area contributed by atoms with Gasteiger partial charge in [0.15, 0.2) is 0 Å². The molecule has 2 aromatic heterocycles. The van der Waals surface area contributed by atoms with E-state index in [9.17, 15) is 9.90 Å². The average molecular weight is 358 g/mol. The highest BCUT2D eigenvalue weighted by molar-refractivity contribution is 5.79. The monoisotopic (exact) mass is 358 g/mol. The molecule has 27 heavy (non-hydrogen) atoms. The van der Waals surface area contributed by atoms with Gasteiger partial charge in [-0.3, -0.25) is 15.0 Å². The van der Waals surface area contributed by atoms with Crippen LogP contribution < -0.4 is 16.1 Å². The number of hydrogen-bond acceptors (Lipinski definition) is 3. The molecule has 6 heteroatoms. The number of aromatic amines is 2. The first-order valence-corrected chi connectivity index (χ1v) is 8.44. The third-order valence-electron chi connectivity index (χ3n) is 4.37. The summed E-state index contributed by atoms with van der Waals surface area (Å²) in [6.07, 6.45) is 3.36. The van der Waals surface area contributed by atoms with Crippen LogP contribution in [0.4, 0.5) is 0 Å². The number of aryl methyl sites for hydroxylation is 1. The van der Waals surface area contributed by atoms with Crippen molar-refractivity contribution in [2.45, 2.75) is 6.92 Å². The quantitative estimate of drug-likeness (QED) is 0.519. The van der Waals surface area contributed by atoms with E-state index in [-0.39, 0.29) is 11.3 Å². The topological polar surface area (TPSA) is 86.7 Å². The van der Waals surface area contributed by atoms with E-state index in [1.807, 2.05) is 43.3 Å². The second kappa shape index (κ2) is 6.49. The second-order valence-corrected chi connectivity index (χ2v) is 6.36. The van der Waals surface area contributed by atoms with Crippen molar-refractivity contribution in [2.75, 3.05) is 0 Å². The number of nitrogens with one attached hydrogen (secondary N) is 2. The minimum Gasteiger partial charge on any atom is -0.508 e. The van der Waals surface area contributed by atoms with Crippen molar-refractivity contribution in [3.05, 3.63) is 98.5 Å². The van der Waals surface area contributed by atoms with E-state index in [2.05, 4.69) is 21.9 Å². The molecule has 6 nitrogen and oxygen atoms in total. The third kappa shape index (κ3) is 2.97. The maximum Gasteiger partial charge on any atom is 0.279 e. The van der Waals surface area contributed by atoms with Crippen LogP contribution in [-0.2, 0) is 0 Å². The molecule has 4 rings (SSSR count). The molecule has 0 bridgehead atoms. The standard InChI is InChI=1S/C21H18N4O2/c1-13-8-15(10-18(26)9-13)20(16-11-22-23-12-16)19-14(2)24-25(21(19)27)17-6-4-3-5-7-17/h3-12,24,26H,2H2,1H3,(H,22,23). The lowest BCUT2D eigenvalue weighted by atomic mass is 9.97. The smallest absolute Gasteiger partial charge is 0.279 e. The van der Waals surface area contributed by atoms with Gasteiger partial charge in [0.05, 0.1) is 22.5 Å². The van der Waals surface area contributed by atoms with Crippen LogP contribution in [0, 0.1) is 6.92 Å². The molecular formula is C21H18N4O2. The van der Waals surface area contributed by atoms with Gasteiger partial charge < -0.3 is 5.11 Å². The summed E-state index contributed by atoms with van der Waals surface area (Å²) in [7, 11) is 0. The van der Waals surface area contributed by atoms with E-state index in [0.717, 1.165) is 22.4 Å². The number of aromatic nitrogens is 4. The minimum atomic E-state index is -0.219. The van der Waals surface area contributed by atoms with E-state index in [4.69, 9.17) is 0 Å². The van der Waals surface area contributed by atoms with Gasteiger partial charge in [0.1, 0.15) is 5.75 Å². The van der Waals surface area contributed by atoms with Crippen molar-refractivity contribution in [2.24, 2.45) is 0 Å². The highest BCUT2D eigenvalue weighted by atomic mass is 16.3. The van der Waals surface area contributed by atoms with Gasteiger partial charge in [-0.25, -0.2) is 4.68 Å². The van der Waals surface area contributed by atoms with Crippen LogP contribution in [-0.4, -0.2) is 25.1 Å². The number of phenolic OH excluding ortho intramolecular Hbond substituents is 1. The fourth-order valence-electron chi connectivity index (χ4n) is 3.25. The molecule has 0 saturated heterocycles. The lowest BCUT2D eigenvalue weighted by Gasteiger charge is -2.07. The van der Waals surface area contributed by atoms with E-state index in [1.165, 1.54) is 4.68 Å². The summed E-state index contributed by atoms with van der Waals surface area (Å²) < 4.78 is 1.47. The largest absolute Gasteiger partial charge is 0.508 e. The summed E-state index contributed by atoms with van der Waals surface area (Å²) in [5.74, 6) is 0.135. The maximum atomic E-state index is 13.2. The van der Waals surface area contributed by atoms with Crippen LogP contribution >= 0.6 is 0 Å². The predicted octanol–water partition coefficient (Wildman–Crippen LogP) is 1.56. The van der Waals surface area contributed by atoms with Crippen LogP contribution in [0.15, 0.2) is 65.7 Å². The fraction of sp³-hybridized carbons (Fsp3) is 0.0476. The zero-order valence-corrected chi connectivity index (χ0v) is 14.7. The summed E-state index contributed by atoms with van der Waals surface area (Å²) in [6.45, 7) is 5.93. The Balaban J connectivity index is 2.12. The number of para-hydroxylation sites is 1. The van der Waals surface area contributed by atoms with Crippen molar-refractivity contribution in [1.82, 2.24) is 20.0 Å². The SMILES string of the molecule is C=c1[nH]n(-c2ccccc2)c(=O)c1=C(c1cn[nH]c1)c1cc(C)cc(O)c1. The predicted molar refractivity (Wildman–Crippen MR) is 104 cm³/mol. The molecular weight excluding hydrogens is 340 g/mol. The van der Waals surface area contributed by atoms with E-state index >= 15 is 0 Å². The average Bonchev–Trinajstić information content (AvgIpc) is 3.26. The van der Waals surface area contributed by atoms with Crippen LogP contribution in [0.25, 0.3) is 17.8 Å². The van der Waals surface area contributed by atoms with Gasteiger partial charge in [0.25, 0.3) is 5.56 Å². The first kappa shape index (κ1) is 16.7. The van der Waals surface area contributed by atoms with Gasteiger partial charge in [-0.1, -0.05) is 30.8 Å². The molecule has 0 amide bonds. The van der Waals surface area contributed by atoms with Crippen LogP contribution in [0.3, 0.4) is 0 Å². The normalized spacial score (nSPS) is 12.2. The number of benzene rings is 2. The molecule has 0 radical (unpaired) electrons. The number of aromatic hydroxyl groups is 1. The summed E-state index contributed by atoms with van der Waals surface area (Å²) in [5.41, 5.74) is 3.50. The third-order valence-corrected chi connectivity index (χ3v) is 4.37. The highest BCUT2D eigenvalue weighted by Gasteiger charge is 2.15. The molecule has 0 aliphatic carbocycles. The van der Waals surface area contributed by atoms with Crippen molar-refractivity contribution >= 4 is 12.2 Å². The van der Waals surface area contributed by atoms with Crippen LogP contribution in [0.2, 0.25) is 0 Å². The molecule has 0 fully saturated rings. The summed E-state index contributed by atoms with van der Waals surface area (Å²) in [4.78, 5) is 13.2. The molecule has 2 aromatic carbocycles. The Morgan fingerprint density at radius 2 is 1.93 bits per heavy atom. The molecule has 3 N–H and O–H groups in total. The highest BCUT2D eigenvalue weighted by Crippen LogP contribution is 2.24. The summed E-state index contributed by atoms with van der Waals surface area (Å²) in [5, 5.41) is 20.8. The Labute approximate surface area is 154 Å². The Hall–Kier alpha value is -3.80. The first-order valence-electron chi connectivity index (χ1n) is 8.44. The first-order chi connectivity index (χ1) is 13.0. The summed E-state index contributed by atoms with van der Waals surface area (Å²) in [6, 6.07) is 14.5. The fourth-order valence-corrected chi connectivity index (χ4v) is 3.25. The van der Waals surface area contributed by atoms with Gasteiger partial charge in [-0.05, 0) is 42.3 Å². The molecule has 0 aliphatic rings. The molecule has 4 aromatic rings.